The second-order valence-corrected chi connectivity index (χ2v) is 7.97. The summed E-state index contributed by atoms with van der Waals surface area (Å²) in [5.41, 5.74) is 1.11. The van der Waals surface area contributed by atoms with Gasteiger partial charge < -0.3 is 19.7 Å². The fraction of sp³-hybridized carbons (Fsp3) is 0.143. The first-order valence-corrected chi connectivity index (χ1v) is 10.5. The van der Waals surface area contributed by atoms with E-state index in [0.717, 1.165) is 0 Å². The van der Waals surface area contributed by atoms with Crippen LogP contribution in [0.1, 0.15) is 33.4 Å². The quantitative estimate of drug-likeness (QED) is 0.503. The van der Waals surface area contributed by atoms with Gasteiger partial charge in [0.25, 0.3) is 0 Å². The van der Waals surface area contributed by atoms with Gasteiger partial charge in [-0.15, -0.1) is 0 Å². The maximum absolute atomic E-state index is 12.3. The molecule has 32 heavy (non-hydrogen) atoms. The topological polar surface area (TPSA) is 58.9 Å². The van der Waals surface area contributed by atoms with E-state index in [2.05, 4.69) is 0 Å². The van der Waals surface area contributed by atoms with Crippen LogP contribution in [0.2, 0.25) is 0 Å². The summed E-state index contributed by atoms with van der Waals surface area (Å²) in [6.07, 6.45) is 0. The number of hydrogen-bond acceptors (Lipinski definition) is 4. The largest absolute Gasteiger partial charge is 0.497 e. The van der Waals surface area contributed by atoms with Gasteiger partial charge in [-0.2, -0.15) is 0 Å². The standard InChI is InChI=1S/C28H24O4/c1-31-21-15-11-19(12-16-21)27(29)23-7-3-5-9-25(23)28(30,26-10-6-4-8-24(26)27)20-13-17-22(32-2)18-14-20/h3-18,29-30H,1-2H3. The minimum atomic E-state index is -1.43. The highest BCUT2D eigenvalue weighted by Gasteiger charge is 2.50. The molecule has 4 aromatic carbocycles. The zero-order chi connectivity index (χ0) is 22.3. The number of benzene rings is 4. The first kappa shape index (κ1) is 20.3. The molecular formula is C28H24O4. The Balaban J connectivity index is 1.81. The van der Waals surface area contributed by atoms with Crippen LogP contribution < -0.4 is 9.47 Å². The summed E-state index contributed by atoms with van der Waals surface area (Å²) < 4.78 is 10.6. The average Bonchev–Trinajstić information content (AvgIpc) is 2.87. The van der Waals surface area contributed by atoms with E-state index >= 15 is 0 Å². The van der Waals surface area contributed by atoms with Gasteiger partial charge in [-0.3, -0.25) is 0 Å². The minimum Gasteiger partial charge on any atom is -0.497 e. The molecule has 0 spiro atoms. The Morgan fingerprint density at radius 3 is 1.00 bits per heavy atom. The number of hydrogen-bond donors (Lipinski definition) is 2. The molecule has 2 N–H and O–H groups in total. The van der Waals surface area contributed by atoms with Gasteiger partial charge >= 0.3 is 0 Å². The van der Waals surface area contributed by atoms with Gasteiger partial charge in [-0.25, -0.2) is 0 Å². The normalized spacial score (nSPS) is 21.4. The molecule has 160 valence electrons. The van der Waals surface area contributed by atoms with Crippen molar-refractivity contribution >= 4 is 0 Å². The van der Waals surface area contributed by atoms with Gasteiger partial charge in [-0.05, 0) is 57.6 Å². The van der Waals surface area contributed by atoms with Crippen LogP contribution in [0, 0.1) is 0 Å². The van der Waals surface area contributed by atoms with Crippen molar-refractivity contribution in [2.75, 3.05) is 14.2 Å². The monoisotopic (exact) mass is 424 g/mol. The van der Waals surface area contributed by atoms with E-state index in [-0.39, 0.29) is 0 Å². The van der Waals surface area contributed by atoms with Gasteiger partial charge in [0.05, 0.1) is 14.2 Å². The van der Waals surface area contributed by atoms with Crippen LogP contribution in [0.25, 0.3) is 0 Å². The lowest BCUT2D eigenvalue weighted by Gasteiger charge is -2.45. The minimum absolute atomic E-state index is 0.641. The van der Waals surface area contributed by atoms with Crippen molar-refractivity contribution in [3.63, 3.8) is 0 Å². The lowest BCUT2D eigenvalue weighted by atomic mass is 9.63. The Bertz CT molecular complexity index is 1110. The molecule has 0 fully saturated rings. The molecule has 0 amide bonds. The fourth-order valence-electron chi connectivity index (χ4n) is 4.80. The summed E-state index contributed by atoms with van der Waals surface area (Å²) in [5.74, 6) is 1.42. The lowest BCUT2D eigenvalue weighted by Crippen LogP contribution is -2.44. The van der Waals surface area contributed by atoms with E-state index in [0.29, 0.717) is 44.9 Å². The fourth-order valence-corrected chi connectivity index (χ4v) is 4.80. The van der Waals surface area contributed by atoms with Gasteiger partial charge in [0.15, 0.2) is 0 Å². The van der Waals surface area contributed by atoms with Crippen molar-refractivity contribution in [2.24, 2.45) is 0 Å². The summed E-state index contributed by atoms with van der Waals surface area (Å²) in [5, 5.41) is 24.6. The molecular weight excluding hydrogens is 400 g/mol. The van der Waals surface area contributed by atoms with Crippen molar-refractivity contribution in [3.8, 4) is 11.5 Å². The molecule has 0 aromatic heterocycles. The van der Waals surface area contributed by atoms with Gasteiger partial charge in [0.2, 0.25) is 0 Å². The van der Waals surface area contributed by atoms with Crippen molar-refractivity contribution < 1.29 is 19.7 Å². The Morgan fingerprint density at radius 2 is 0.750 bits per heavy atom. The first-order chi connectivity index (χ1) is 15.5. The maximum Gasteiger partial charge on any atom is 0.141 e. The molecule has 0 saturated heterocycles. The molecule has 0 unspecified atom stereocenters. The van der Waals surface area contributed by atoms with Gasteiger partial charge in [0.1, 0.15) is 22.7 Å². The third kappa shape index (κ3) is 2.77. The number of aliphatic hydroxyl groups is 2. The van der Waals surface area contributed by atoms with Gasteiger partial charge in [0, 0.05) is 0 Å². The van der Waals surface area contributed by atoms with Crippen molar-refractivity contribution in [1.29, 1.82) is 0 Å². The van der Waals surface area contributed by atoms with E-state index in [4.69, 9.17) is 9.47 Å². The highest BCUT2D eigenvalue weighted by atomic mass is 16.5. The summed E-state index contributed by atoms with van der Waals surface area (Å²) in [6, 6.07) is 29.9. The van der Waals surface area contributed by atoms with Crippen LogP contribution >= 0.6 is 0 Å². The Labute approximate surface area is 187 Å². The molecule has 0 bridgehead atoms. The molecule has 4 nitrogen and oxygen atoms in total. The van der Waals surface area contributed by atoms with Gasteiger partial charge in [-0.1, -0.05) is 72.8 Å². The second kappa shape index (κ2) is 7.52. The molecule has 0 heterocycles. The highest BCUT2D eigenvalue weighted by Crippen LogP contribution is 2.53. The predicted octanol–water partition coefficient (Wildman–Crippen LogP) is 4.59. The molecule has 0 atom stereocenters. The molecule has 0 aliphatic heterocycles. The predicted molar refractivity (Wildman–Crippen MR) is 123 cm³/mol. The molecule has 0 saturated carbocycles. The van der Waals surface area contributed by atoms with Crippen molar-refractivity contribution in [1.82, 2.24) is 0 Å². The Kier molecular flexibility index (Phi) is 4.77. The summed E-state index contributed by atoms with van der Waals surface area (Å²) >= 11 is 0. The third-order valence-electron chi connectivity index (χ3n) is 6.43. The average molecular weight is 424 g/mol. The smallest absolute Gasteiger partial charge is 0.141 e. The lowest BCUT2D eigenvalue weighted by molar-refractivity contribution is 0.0747. The van der Waals surface area contributed by atoms with E-state index in [1.54, 1.807) is 14.2 Å². The highest BCUT2D eigenvalue weighted by molar-refractivity contribution is 5.65. The van der Waals surface area contributed by atoms with Crippen LogP contribution in [0.4, 0.5) is 0 Å². The summed E-state index contributed by atoms with van der Waals surface area (Å²) in [7, 11) is 3.23. The molecule has 1 aliphatic carbocycles. The number of methoxy groups -OCH3 is 2. The van der Waals surface area contributed by atoms with E-state index in [9.17, 15) is 10.2 Å². The van der Waals surface area contributed by atoms with Crippen LogP contribution in [0.3, 0.4) is 0 Å². The Hall–Kier alpha value is -3.60. The van der Waals surface area contributed by atoms with Crippen LogP contribution in [0.15, 0.2) is 97.1 Å². The summed E-state index contributed by atoms with van der Waals surface area (Å²) in [6.45, 7) is 0. The SMILES string of the molecule is COc1ccc(C2(O)c3ccccc3C(O)(c3ccc(OC)cc3)c3ccccc32)cc1. The third-order valence-corrected chi connectivity index (χ3v) is 6.43. The number of rotatable bonds is 4. The van der Waals surface area contributed by atoms with Crippen LogP contribution in [-0.2, 0) is 11.2 Å². The Morgan fingerprint density at radius 1 is 0.469 bits per heavy atom. The molecule has 1 aliphatic rings. The van der Waals surface area contributed by atoms with Crippen LogP contribution in [-0.4, -0.2) is 24.4 Å². The second-order valence-electron chi connectivity index (χ2n) is 7.97. The van der Waals surface area contributed by atoms with E-state index < -0.39 is 11.2 Å². The number of fused-ring (bicyclic) bond motifs is 2. The van der Waals surface area contributed by atoms with E-state index in [1.807, 2.05) is 97.1 Å². The van der Waals surface area contributed by atoms with Crippen LogP contribution in [0.5, 0.6) is 11.5 Å². The van der Waals surface area contributed by atoms with Crippen molar-refractivity contribution in [2.45, 2.75) is 11.2 Å². The first-order valence-electron chi connectivity index (χ1n) is 10.5. The molecule has 0 radical (unpaired) electrons. The molecule has 4 aromatic rings. The van der Waals surface area contributed by atoms with E-state index in [1.165, 1.54) is 0 Å². The van der Waals surface area contributed by atoms with Crippen molar-refractivity contribution in [3.05, 3.63) is 130 Å². The molecule has 4 heteroatoms. The zero-order valence-corrected chi connectivity index (χ0v) is 17.9. The maximum atomic E-state index is 12.3. The molecule has 5 rings (SSSR count). The summed E-state index contributed by atoms with van der Waals surface area (Å²) in [4.78, 5) is 0. The zero-order valence-electron chi connectivity index (χ0n) is 17.9. The number of ether oxygens (including phenoxy) is 2.